The molecule has 0 aliphatic heterocycles. The van der Waals surface area contributed by atoms with Gasteiger partial charge in [0, 0.05) is 22.8 Å². The number of hydrogen-bond donors (Lipinski definition) is 4. The van der Waals surface area contributed by atoms with Gasteiger partial charge in [0.15, 0.2) is 0 Å². The first-order chi connectivity index (χ1) is 9.65. The summed E-state index contributed by atoms with van der Waals surface area (Å²) in [5, 5.41) is 13.7. The predicted molar refractivity (Wildman–Crippen MR) is 78.4 cm³/mol. The molecule has 0 bridgehead atoms. The predicted octanol–water partition coefficient (Wildman–Crippen LogP) is 1.78. The number of H-pyrrole nitrogens is 1. The number of carbonyl (C=O) groups is 1. The molecule has 1 aliphatic carbocycles. The van der Waals surface area contributed by atoms with Crippen molar-refractivity contribution < 1.29 is 9.90 Å². The molecule has 0 radical (unpaired) electrons. The third-order valence-corrected chi connectivity index (χ3v) is 4.00. The zero-order chi connectivity index (χ0) is 14.1. The topological polar surface area (TPSA) is 91.1 Å². The van der Waals surface area contributed by atoms with Gasteiger partial charge in [0.05, 0.1) is 17.7 Å². The van der Waals surface area contributed by atoms with E-state index in [9.17, 15) is 9.90 Å². The molecule has 5 heteroatoms. The second-order valence-corrected chi connectivity index (χ2v) is 5.44. The highest BCUT2D eigenvalue weighted by Crippen LogP contribution is 2.22. The fourth-order valence-corrected chi connectivity index (χ4v) is 2.86. The number of aromatic nitrogens is 1. The van der Waals surface area contributed by atoms with Gasteiger partial charge in [0.1, 0.15) is 0 Å². The van der Waals surface area contributed by atoms with Crippen molar-refractivity contribution in [1.82, 2.24) is 10.3 Å². The van der Waals surface area contributed by atoms with Crippen LogP contribution in [0.4, 0.5) is 5.69 Å². The number of aromatic amines is 1. The number of hydrogen-bond acceptors (Lipinski definition) is 3. The highest BCUT2D eigenvalue weighted by atomic mass is 16.3. The minimum absolute atomic E-state index is 0.144. The first-order valence-electron chi connectivity index (χ1n) is 7.00. The normalized spacial score (nSPS) is 22.9. The van der Waals surface area contributed by atoms with E-state index in [4.69, 9.17) is 5.73 Å². The summed E-state index contributed by atoms with van der Waals surface area (Å²) in [6.07, 6.45) is 4.92. The Labute approximate surface area is 117 Å². The molecule has 1 aliphatic rings. The van der Waals surface area contributed by atoms with Crippen molar-refractivity contribution in [1.29, 1.82) is 0 Å². The van der Waals surface area contributed by atoms with Crippen LogP contribution in [0.1, 0.15) is 36.0 Å². The van der Waals surface area contributed by atoms with Gasteiger partial charge in [-0.2, -0.15) is 0 Å². The maximum Gasteiger partial charge on any atom is 0.253 e. The molecule has 20 heavy (non-hydrogen) atoms. The minimum atomic E-state index is -0.437. The molecule has 2 aromatic rings. The molecule has 5 nitrogen and oxygen atoms in total. The van der Waals surface area contributed by atoms with Crippen LogP contribution in [-0.4, -0.2) is 28.1 Å². The van der Waals surface area contributed by atoms with E-state index >= 15 is 0 Å². The maximum absolute atomic E-state index is 12.3. The Bertz CT molecular complexity index is 635. The van der Waals surface area contributed by atoms with E-state index in [0.29, 0.717) is 11.3 Å². The molecular weight excluding hydrogens is 254 g/mol. The number of benzene rings is 1. The molecule has 106 valence electrons. The molecule has 1 fully saturated rings. The Morgan fingerprint density at radius 2 is 2.15 bits per heavy atom. The van der Waals surface area contributed by atoms with Crippen LogP contribution in [0.5, 0.6) is 0 Å². The molecule has 1 amide bonds. The maximum atomic E-state index is 12.3. The van der Waals surface area contributed by atoms with Crippen LogP contribution in [0.15, 0.2) is 24.4 Å². The standard InChI is InChI=1S/C15H19N3O2/c16-9-5-6-10-11(8-17-13(10)7-9)15(20)18-12-3-1-2-4-14(12)19/h5-8,12,14,17,19H,1-4,16H2,(H,18,20)/t12-,14-/m1/s1. The highest BCUT2D eigenvalue weighted by Gasteiger charge is 2.25. The summed E-state index contributed by atoms with van der Waals surface area (Å²) in [5.41, 5.74) is 7.83. The molecule has 1 aromatic carbocycles. The summed E-state index contributed by atoms with van der Waals surface area (Å²) >= 11 is 0. The number of aliphatic hydroxyl groups is 1. The molecule has 1 heterocycles. The summed E-state index contributed by atoms with van der Waals surface area (Å²) in [7, 11) is 0. The fraction of sp³-hybridized carbons (Fsp3) is 0.400. The Kier molecular flexibility index (Phi) is 3.36. The van der Waals surface area contributed by atoms with Crippen molar-refractivity contribution in [2.75, 3.05) is 5.73 Å². The van der Waals surface area contributed by atoms with Gasteiger partial charge in [-0.3, -0.25) is 4.79 Å². The number of nitrogen functional groups attached to an aromatic ring is 1. The highest BCUT2D eigenvalue weighted by molar-refractivity contribution is 6.07. The van der Waals surface area contributed by atoms with Crippen LogP contribution in [0.3, 0.4) is 0 Å². The molecular formula is C15H19N3O2. The Morgan fingerprint density at radius 3 is 2.95 bits per heavy atom. The molecule has 1 saturated carbocycles. The molecule has 0 unspecified atom stereocenters. The summed E-state index contributed by atoms with van der Waals surface area (Å²) < 4.78 is 0. The van der Waals surface area contributed by atoms with Gasteiger partial charge in [-0.25, -0.2) is 0 Å². The molecule has 3 rings (SSSR count). The van der Waals surface area contributed by atoms with Gasteiger partial charge in [-0.1, -0.05) is 12.8 Å². The zero-order valence-corrected chi connectivity index (χ0v) is 11.2. The Morgan fingerprint density at radius 1 is 1.35 bits per heavy atom. The van der Waals surface area contributed by atoms with Crippen molar-refractivity contribution in [2.45, 2.75) is 37.8 Å². The van der Waals surface area contributed by atoms with Crippen molar-refractivity contribution in [3.63, 3.8) is 0 Å². The van der Waals surface area contributed by atoms with Gasteiger partial charge in [0.25, 0.3) is 5.91 Å². The molecule has 0 saturated heterocycles. The third kappa shape index (κ3) is 2.36. The van der Waals surface area contributed by atoms with E-state index in [1.165, 1.54) is 0 Å². The number of nitrogens with one attached hydrogen (secondary N) is 2. The second-order valence-electron chi connectivity index (χ2n) is 5.44. The van der Waals surface area contributed by atoms with Gasteiger partial charge in [-0.05, 0) is 31.0 Å². The summed E-state index contributed by atoms with van der Waals surface area (Å²) in [4.78, 5) is 15.4. The number of anilines is 1. The van der Waals surface area contributed by atoms with Crippen molar-refractivity contribution in [2.24, 2.45) is 0 Å². The van der Waals surface area contributed by atoms with Crippen molar-refractivity contribution in [3.05, 3.63) is 30.0 Å². The van der Waals surface area contributed by atoms with Gasteiger partial charge >= 0.3 is 0 Å². The summed E-state index contributed by atoms with van der Waals surface area (Å²) in [6, 6.07) is 5.28. The van der Waals surface area contributed by atoms with E-state index in [1.807, 2.05) is 12.1 Å². The third-order valence-electron chi connectivity index (χ3n) is 4.00. The first kappa shape index (κ1) is 13.0. The smallest absolute Gasteiger partial charge is 0.253 e. The number of amides is 1. The largest absolute Gasteiger partial charge is 0.399 e. The first-order valence-corrected chi connectivity index (χ1v) is 7.00. The van der Waals surface area contributed by atoms with Gasteiger partial charge in [-0.15, -0.1) is 0 Å². The zero-order valence-electron chi connectivity index (χ0n) is 11.2. The van der Waals surface area contributed by atoms with Crippen LogP contribution < -0.4 is 11.1 Å². The van der Waals surface area contributed by atoms with E-state index in [1.54, 1.807) is 12.3 Å². The second kappa shape index (κ2) is 5.17. The lowest BCUT2D eigenvalue weighted by Gasteiger charge is -2.28. The lowest BCUT2D eigenvalue weighted by molar-refractivity contribution is 0.0718. The number of aliphatic hydroxyl groups excluding tert-OH is 1. The van der Waals surface area contributed by atoms with Crippen LogP contribution in [0.25, 0.3) is 10.9 Å². The number of fused-ring (bicyclic) bond motifs is 1. The minimum Gasteiger partial charge on any atom is -0.399 e. The van der Waals surface area contributed by atoms with Crippen LogP contribution in [0, 0.1) is 0 Å². The van der Waals surface area contributed by atoms with E-state index < -0.39 is 6.10 Å². The Balaban J connectivity index is 1.82. The van der Waals surface area contributed by atoms with Crippen LogP contribution in [-0.2, 0) is 0 Å². The van der Waals surface area contributed by atoms with E-state index in [-0.39, 0.29) is 11.9 Å². The monoisotopic (exact) mass is 273 g/mol. The van der Waals surface area contributed by atoms with Crippen LogP contribution in [0.2, 0.25) is 0 Å². The van der Waals surface area contributed by atoms with Crippen molar-refractivity contribution in [3.8, 4) is 0 Å². The molecule has 2 atom stereocenters. The summed E-state index contributed by atoms with van der Waals surface area (Å²) in [6.45, 7) is 0. The van der Waals surface area contributed by atoms with Crippen molar-refractivity contribution >= 4 is 22.5 Å². The molecule has 0 spiro atoms. The fourth-order valence-electron chi connectivity index (χ4n) is 2.86. The van der Waals surface area contributed by atoms with Gasteiger partial charge < -0.3 is 21.1 Å². The number of carbonyl (C=O) groups excluding carboxylic acids is 1. The summed E-state index contributed by atoms with van der Waals surface area (Å²) in [5.74, 6) is -0.146. The van der Waals surface area contributed by atoms with E-state index in [0.717, 1.165) is 36.6 Å². The average molecular weight is 273 g/mol. The molecule has 5 N–H and O–H groups in total. The lowest BCUT2D eigenvalue weighted by atomic mass is 9.92. The van der Waals surface area contributed by atoms with E-state index in [2.05, 4.69) is 10.3 Å². The SMILES string of the molecule is Nc1ccc2c(C(=O)N[C@@H]3CCCC[C@H]3O)c[nH]c2c1. The number of nitrogens with two attached hydrogens (primary N) is 1. The quantitative estimate of drug-likeness (QED) is 0.629. The lowest BCUT2D eigenvalue weighted by Crippen LogP contribution is -2.45. The van der Waals surface area contributed by atoms with Crippen LogP contribution >= 0.6 is 0 Å². The Hall–Kier alpha value is -2.01. The molecule has 1 aromatic heterocycles. The van der Waals surface area contributed by atoms with Gasteiger partial charge in [0.2, 0.25) is 0 Å². The number of rotatable bonds is 2. The average Bonchev–Trinajstić information content (AvgIpc) is 2.84.